The third kappa shape index (κ3) is 2.36. The number of nitrogen functional groups attached to an aromatic ring is 1. The molecule has 0 amide bonds. The molecule has 0 aromatic heterocycles. The topological polar surface area (TPSA) is 49.5 Å². The molecule has 0 heterocycles. The molecule has 3 nitrogen and oxygen atoms in total. The molecule has 13 heavy (non-hydrogen) atoms. The maximum atomic E-state index is 8.76. The Bertz CT molecular complexity index is 286. The molecular formula is C10H16N2O. The number of hydrogen-bond acceptors (Lipinski definition) is 3. The zero-order valence-electron chi connectivity index (χ0n) is 8.12. The second-order valence-corrected chi connectivity index (χ2v) is 3.19. The Hall–Kier alpha value is -1.22. The van der Waals surface area contributed by atoms with Crippen LogP contribution in [0.3, 0.4) is 0 Å². The van der Waals surface area contributed by atoms with Gasteiger partial charge in [0.05, 0.1) is 6.61 Å². The Kier molecular flexibility index (Phi) is 3.14. The molecule has 0 aliphatic rings. The van der Waals surface area contributed by atoms with Crippen molar-refractivity contribution < 1.29 is 5.11 Å². The summed E-state index contributed by atoms with van der Waals surface area (Å²) in [4.78, 5) is 1.99. The van der Waals surface area contributed by atoms with Gasteiger partial charge in [-0.1, -0.05) is 0 Å². The van der Waals surface area contributed by atoms with Crippen LogP contribution in [0.5, 0.6) is 0 Å². The Morgan fingerprint density at radius 2 is 2.15 bits per heavy atom. The molecule has 0 saturated carbocycles. The standard InChI is InChI=1S/C10H16N2O/c1-8-7-9(3-4-10(8)11)12(2)5-6-13/h3-4,7,13H,5-6,11H2,1-2H3. The van der Waals surface area contributed by atoms with E-state index in [4.69, 9.17) is 10.8 Å². The van der Waals surface area contributed by atoms with Gasteiger partial charge in [-0.2, -0.15) is 0 Å². The first-order valence-electron chi connectivity index (χ1n) is 4.33. The van der Waals surface area contributed by atoms with E-state index in [0.717, 1.165) is 16.9 Å². The average Bonchev–Trinajstić information content (AvgIpc) is 2.10. The highest BCUT2D eigenvalue weighted by molar-refractivity contribution is 5.57. The van der Waals surface area contributed by atoms with Crippen molar-refractivity contribution in [1.29, 1.82) is 0 Å². The van der Waals surface area contributed by atoms with Gasteiger partial charge in [0.1, 0.15) is 0 Å². The number of aliphatic hydroxyl groups excluding tert-OH is 1. The number of anilines is 2. The molecule has 0 bridgehead atoms. The van der Waals surface area contributed by atoms with Crippen molar-refractivity contribution in [1.82, 2.24) is 0 Å². The Morgan fingerprint density at radius 1 is 1.46 bits per heavy atom. The largest absolute Gasteiger partial charge is 0.399 e. The van der Waals surface area contributed by atoms with Gasteiger partial charge in [0, 0.05) is 25.0 Å². The van der Waals surface area contributed by atoms with Crippen LogP contribution in [-0.2, 0) is 0 Å². The van der Waals surface area contributed by atoms with E-state index in [-0.39, 0.29) is 6.61 Å². The summed E-state index contributed by atoms with van der Waals surface area (Å²) in [5, 5.41) is 8.76. The number of rotatable bonds is 3. The fraction of sp³-hybridized carbons (Fsp3) is 0.400. The van der Waals surface area contributed by atoms with Crippen LogP contribution in [-0.4, -0.2) is 25.3 Å². The lowest BCUT2D eigenvalue weighted by molar-refractivity contribution is 0.304. The molecule has 3 heteroatoms. The third-order valence-corrected chi connectivity index (χ3v) is 2.13. The fourth-order valence-corrected chi connectivity index (χ4v) is 1.18. The predicted octanol–water partition coefficient (Wildman–Crippen LogP) is 1.01. The van der Waals surface area contributed by atoms with Gasteiger partial charge < -0.3 is 15.7 Å². The summed E-state index contributed by atoms with van der Waals surface area (Å²) in [6, 6.07) is 5.86. The van der Waals surface area contributed by atoms with Gasteiger partial charge in [0.15, 0.2) is 0 Å². The highest BCUT2D eigenvalue weighted by atomic mass is 16.3. The Morgan fingerprint density at radius 3 is 2.69 bits per heavy atom. The van der Waals surface area contributed by atoms with Crippen molar-refractivity contribution >= 4 is 11.4 Å². The molecule has 0 aliphatic heterocycles. The number of likely N-dealkylation sites (N-methyl/N-ethyl adjacent to an activating group) is 1. The molecule has 0 fully saturated rings. The first-order valence-corrected chi connectivity index (χ1v) is 4.33. The summed E-state index contributed by atoms with van der Waals surface area (Å²) in [6.45, 7) is 2.79. The monoisotopic (exact) mass is 180 g/mol. The fourth-order valence-electron chi connectivity index (χ4n) is 1.18. The van der Waals surface area contributed by atoms with Crippen LogP contribution in [0.2, 0.25) is 0 Å². The first-order chi connectivity index (χ1) is 6.15. The van der Waals surface area contributed by atoms with Crippen LogP contribution in [0.15, 0.2) is 18.2 Å². The van der Waals surface area contributed by atoms with Gasteiger partial charge >= 0.3 is 0 Å². The van der Waals surface area contributed by atoms with Crippen molar-refractivity contribution in [2.75, 3.05) is 30.8 Å². The van der Waals surface area contributed by atoms with E-state index in [1.807, 2.05) is 37.1 Å². The van der Waals surface area contributed by atoms with Crippen LogP contribution in [0.4, 0.5) is 11.4 Å². The average molecular weight is 180 g/mol. The third-order valence-electron chi connectivity index (χ3n) is 2.13. The van der Waals surface area contributed by atoms with Gasteiger partial charge in [-0.25, -0.2) is 0 Å². The van der Waals surface area contributed by atoms with E-state index < -0.39 is 0 Å². The predicted molar refractivity (Wildman–Crippen MR) is 55.9 cm³/mol. The summed E-state index contributed by atoms with van der Waals surface area (Å²) in [5.74, 6) is 0. The maximum Gasteiger partial charge on any atom is 0.0606 e. The van der Waals surface area contributed by atoms with Crippen molar-refractivity contribution in [2.45, 2.75) is 6.92 Å². The van der Waals surface area contributed by atoms with E-state index in [0.29, 0.717) is 6.54 Å². The molecule has 0 saturated heterocycles. The minimum atomic E-state index is 0.167. The van der Waals surface area contributed by atoms with Gasteiger partial charge in [-0.05, 0) is 30.7 Å². The number of aliphatic hydroxyl groups is 1. The van der Waals surface area contributed by atoms with Crippen LogP contribution < -0.4 is 10.6 Å². The number of aryl methyl sites for hydroxylation is 1. The molecule has 0 unspecified atom stereocenters. The van der Waals surface area contributed by atoms with E-state index in [1.165, 1.54) is 0 Å². The van der Waals surface area contributed by atoms with Gasteiger partial charge in [-0.3, -0.25) is 0 Å². The zero-order chi connectivity index (χ0) is 9.84. The Labute approximate surface area is 78.8 Å². The lowest BCUT2D eigenvalue weighted by atomic mass is 10.2. The smallest absolute Gasteiger partial charge is 0.0606 e. The van der Waals surface area contributed by atoms with Crippen LogP contribution in [0.25, 0.3) is 0 Å². The van der Waals surface area contributed by atoms with E-state index >= 15 is 0 Å². The summed E-state index contributed by atoms with van der Waals surface area (Å²) >= 11 is 0. The number of hydrogen-bond donors (Lipinski definition) is 2. The summed E-state index contributed by atoms with van der Waals surface area (Å²) in [6.07, 6.45) is 0. The van der Waals surface area contributed by atoms with Crippen LogP contribution in [0, 0.1) is 6.92 Å². The van der Waals surface area contributed by atoms with Crippen LogP contribution in [0.1, 0.15) is 5.56 Å². The van der Waals surface area contributed by atoms with E-state index in [9.17, 15) is 0 Å². The van der Waals surface area contributed by atoms with Gasteiger partial charge in [0.25, 0.3) is 0 Å². The number of benzene rings is 1. The summed E-state index contributed by atoms with van der Waals surface area (Å²) < 4.78 is 0. The molecule has 3 N–H and O–H groups in total. The van der Waals surface area contributed by atoms with Crippen molar-refractivity contribution in [3.05, 3.63) is 23.8 Å². The second-order valence-electron chi connectivity index (χ2n) is 3.19. The quantitative estimate of drug-likeness (QED) is 0.682. The number of nitrogens with zero attached hydrogens (tertiary/aromatic N) is 1. The zero-order valence-corrected chi connectivity index (χ0v) is 8.12. The molecule has 1 aromatic carbocycles. The summed E-state index contributed by atoms with van der Waals surface area (Å²) in [7, 11) is 1.95. The van der Waals surface area contributed by atoms with E-state index in [2.05, 4.69) is 0 Å². The Balaban J connectivity index is 2.84. The molecule has 0 aliphatic carbocycles. The molecule has 0 atom stereocenters. The van der Waals surface area contributed by atoms with Crippen molar-refractivity contribution in [3.8, 4) is 0 Å². The minimum absolute atomic E-state index is 0.167. The highest BCUT2D eigenvalue weighted by Gasteiger charge is 2.01. The van der Waals surface area contributed by atoms with Crippen molar-refractivity contribution in [2.24, 2.45) is 0 Å². The second kappa shape index (κ2) is 4.14. The van der Waals surface area contributed by atoms with E-state index in [1.54, 1.807) is 0 Å². The van der Waals surface area contributed by atoms with Gasteiger partial charge in [-0.15, -0.1) is 0 Å². The molecule has 1 aromatic rings. The molecule has 0 spiro atoms. The summed E-state index contributed by atoms with van der Waals surface area (Å²) in [5.41, 5.74) is 8.66. The maximum absolute atomic E-state index is 8.76. The SMILES string of the molecule is Cc1cc(N(C)CCO)ccc1N. The van der Waals surface area contributed by atoms with Gasteiger partial charge in [0.2, 0.25) is 0 Å². The molecule has 0 radical (unpaired) electrons. The van der Waals surface area contributed by atoms with Crippen LogP contribution >= 0.6 is 0 Å². The molecule has 1 rings (SSSR count). The lowest BCUT2D eigenvalue weighted by Gasteiger charge is -2.18. The molecule has 72 valence electrons. The first kappa shape index (κ1) is 9.86. The molecular weight excluding hydrogens is 164 g/mol. The van der Waals surface area contributed by atoms with Crippen molar-refractivity contribution in [3.63, 3.8) is 0 Å². The number of nitrogens with two attached hydrogens (primary N) is 1. The normalized spacial score (nSPS) is 10.1. The highest BCUT2D eigenvalue weighted by Crippen LogP contribution is 2.18. The minimum Gasteiger partial charge on any atom is -0.399 e. The lowest BCUT2D eigenvalue weighted by Crippen LogP contribution is -2.21.